The first-order valence-corrected chi connectivity index (χ1v) is 11.2. The van der Waals surface area contributed by atoms with Crippen LogP contribution in [0.3, 0.4) is 0 Å². The standard InChI is InChI=1S/C25H30N4O4/c1-4-13-26-22(30)16-28-21-8-6-5-7-20(21)24(32)29(25(28)33)15-18-9-11-19(12-10-18)23(31)27-14-17(2)3/h5-12,17H,4,13-16H2,1-3H3,(H,26,30)(H,27,31). The van der Waals surface area contributed by atoms with Crippen molar-refractivity contribution in [1.29, 1.82) is 0 Å². The van der Waals surface area contributed by atoms with E-state index >= 15 is 0 Å². The molecule has 0 saturated carbocycles. The Morgan fingerprint density at radius 2 is 1.64 bits per heavy atom. The van der Waals surface area contributed by atoms with Gasteiger partial charge in [-0.25, -0.2) is 4.79 Å². The number of nitrogens with zero attached hydrogens (tertiary/aromatic N) is 2. The van der Waals surface area contributed by atoms with Gasteiger partial charge in [0, 0.05) is 18.7 Å². The van der Waals surface area contributed by atoms with Crippen molar-refractivity contribution in [3.8, 4) is 0 Å². The first kappa shape index (κ1) is 24.0. The van der Waals surface area contributed by atoms with Crippen LogP contribution in [0, 0.1) is 5.92 Å². The molecule has 0 saturated heterocycles. The summed E-state index contributed by atoms with van der Waals surface area (Å²) < 4.78 is 2.46. The lowest BCUT2D eigenvalue weighted by Crippen LogP contribution is -2.42. The summed E-state index contributed by atoms with van der Waals surface area (Å²) in [5.41, 5.74) is 0.665. The maximum Gasteiger partial charge on any atom is 0.332 e. The molecule has 33 heavy (non-hydrogen) atoms. The monoisotopic (exact) mass is 450 g/mol. The van der Waals surface area contributed by atoms with E-state index < -0.39 is 11.2 Å². The van der Waals surface area contributed by atoms with Crippen LogP contribution in [0.4, 0.5) is 0 Å². The van der Waals surface area contributed by atoms with E-state index in [9.17, 15) is 19.2 Å². The summed E-state index contributed by atoms with van der Waals surface area (Å²) in [6, 6.07) is 13.6. The fraction of sp³-hybridized carbons (Fsp3) is 0.360. The zero-order valence-electron chi connectivity index (χ0n) is 19.3. The van der Waals surface area contributed by atoms with Gasteiger partial charge in [0.2, 0.25) is 5.91 Å². The van der Waals surface area contributed by atoms with Gasteiger partial charge < -0.3 is 10.6 Å². The number of rotatable bonds is 9. The first-order valence-electron chi connectivity index (χ1n) is 11.2. The molecule has 2 amide bonds. The van der Waals surface area contributed by atoms with Crippen molar-refractivity contribution in [2.24, 2.45) is 5.92 Å². The third-order valence-corrected chi connectivity index (χ3v) is 5.23. The molecule has 0 bridgehead atoms. The molecule has 0 radical (unpaired) electrons. The molecule has 3 rings (SSSR count). The van der Waals surface area contributed by atoms with Gasteiger partial charge in [0.25, 0.3) is 11.5 Å². The van der Waals surface area contributed by atoms with Crippen molar-refractivity contribution in [2.75, 3.05) is 13.1 Å². The second-order valence-electron chi connectivity index (χ2n) is 8.43. The average molecular weight is 451 g/mol. The molecule has 0 aliphatic rings. The summed E-state index contributed by atoms with van der Waals surface area (Å²) >= 11 is 0. The number of carbonyl (C=O) groups is 2. The number of hydrogen-bond donors (Lipinski definition) is 2. The summed E-state index contributed by atoms with van der Waals surface area (Å²) in [7, 11) is 0. The van der Waals surface area contributed by atoms with Crippen LogP contribution in [0.25, 0.3) is 10.9 Å². The summed E-state index contributed by atoms with van der Waals surface area (Å²) in [6.45, 7) is 6.94. The molecule has 1 heterocycles. The number of carbonyl (C=O) groups excluding carboxylic acids is 2. The number of para-hydroxylation sites is 1. The fourth-order valence-corrected chi connectivity index (χ4v) is 3.47. The molecule has 2 N–H and O–H groups in total. The fourth-order valence-electron chi connectivity index (χ4n) is 3.47. The highest BCUT2D eigenvalue weighted by atomic mass is 16.2. The number of fused-ring (bicyclic) bond motifs is 1. The Balaban J connectivity index is 1.93. The number of amides is 2. The van der Waals surface area contributed by atoms with E-state index in [-0.39, 0.29) is 24.9 Å². The molecule has 0 atom stereocenters. The lowest BCUT2D eigenvalue weighted by Gasteiger charge is -2.14. The Morgan fingerprint density at radius 3 is 2.30 bits per heavy atom. The number of benzene rings is 2. The lowest BCUT2D eigenvalue weighted by molar-refractivity contribution is -0.121. The van der Waals surface area contributed by atoms with Crippen LogP contribution in [-0.4, -0.2) is 34.0 Å². The van der Waals surface area contributed by atoms with E-state index in [2.05, 4.69) is 10.6 Å². The Labute approximate surface area is 192 Å². The predicted molar refractivity (Wildman–Crippen MR) is 128 cm³/mol. The van der Waals surface area contributed by atoms with E-state index in [1.807, 2.05) is 20.8 Å². The largest absolute Gasteiger partial charge is 0.355 e. The Bertz CT molecular complexity index is 1260. The summed E-state index contributed by atoms with van der Waals surface area (Å²) in [5, 5.41) is 5.99. The predicted octanol–water partition coefficient (Wildman–Crippen LogP) is 2.12. The van der Waals surface area contributed by atoms with Crippen LogP contribution < -0.4 is 21.9 Å². The highest BCUT2D eigenvalue weighted by Crippen LogP contribution is 2.10. The highest BCUT2D eigenvalue weighted by molar-refractivity contribution is 5.94. The molecule has 0 aliphatic heterocycles. The Hall–Kier alpha value is -3.68. The van der Waals surface area contributed by atoms with Crippen LogP contribution in [0.15, 0.2) is 58.1 Å². The van der Waals surface area contributed by atoms with Crippen molar-refractivity contribution in [2.45, 2.75) is 40.3 Å². The van der Waals surface area contributed by atoms with Gasteiger partial charge in [0.1, 0.15) is 6.54 Å². The molecular weight excluding hydrogens is 420 g/mol. The minimum Gasteiger partial charge on any atom is -0.355 e. The SMILES string of the molecule is CCCNC(=O)Cn1c(=O)n(Cc2ccc(C(=O)NCC(C)C)cc2)c(=O)c2ccccc21. The van der Waals surface area contributed by atoms with Crippen LogP contribution >= 0.6 is 0 Å². The maximum absolute atomic E-state index is 13.2. The maximum atomic E-state index is 13.2. The van der Waals surface area contributed by atoms with E-state index in [4.69, 9.17) is 0 Å². The van der Waals surface area contributed by atoms with Crippen molar-refractivity contribution < 1.29 is 9.59 Å². The van der Waals surface area contributed by atoms with Gasteiger partial charge >= 0.3 is 5.69 Å². The van der Waals surface area contributed by atoms with Crippen LogP contribution in [0.1, 0.15) is 43.1 Å². The van der Waals surface area contributed by atoms with Gasteiger partial charge in [0.05, 0.1) is 17.4 Å². The van der Waals surface area contributed by atoms with Crippen LogP contribution in [0.2, 0.25) is 0 Å². The molecule has 0 aliphatic carbocycles. The average Bonchev–Trinajstić information content (AvgIpc) is 2.82. The Kier molecular flexibility index (Phi) is 7.82. The van der Waals surface area contributed by atoms with Gasteiger partial charge in [-0.2, -0.15) is 0 Å². The summed E-state index contributed by atoms with van der Waals surface area (Å²) in [4.78, 5) is 50.9. The first-order chi connectivity index (χ1) is 15.8. The zero-order valence-corrected chi connectivity index (χ0v) is 19.3. The van der Waals surface area contributed by atoms with Crippen molar-refractivity contribution in [3.63, 3.8) is 0 Å². The summed E-state index contributed by atoms with van der Waals surface area (Å²) in [6.07, 6.45) is 0.784. The number of hydrogen-bond acceptors (Lipinski definition) is 4. The molecule has 0 spiro atoms. The van der Waals surface area contributed by atoms with E-state index in [1.54, 1.807) is 48.5 Å². The van der Waals surface area contributed by atoms with E-state index in [0.717, 1.165) is 11.0 Å². The minimum absolute atomic E-state index is 0.0347. The molecule has 3 aromatic rings. The van der Waals surface area contributed by atoms with Gasteiger partial charge in [-0.3, -0.25) is 23.5 Å². The molecule has 1 aromatic heterocycles. The quantitative estimate of drug-likeness (QED) is 0.521. The van der Waals surface area contributed by atoms with Crippen LogP contribution in [-0.2, 0) is 17.9 Å². The molecular formula is C25H30N4O4. The minimum atomic E-state index is -0.552. The molecule has 0 fully saturated rings. The van der Waals surface area contributed by atoms with Crippen molar-refractivity contribution in [3.05, 3.63) is 80.5 Å². The van der Waals surface area contributed by atoms with Crippen LogP contribution in [0.5, 0.6) is 0 Å². The normalized spacial score (nSPS) is 11.0. The molecule has 0 unspecified atom stereocenters. The van der Waals surface area contributed by atoms with E-state index in [0.29, 0.717) is 41.0 Å². The third-order valence-electron chi connectivity index (χ3n) is 5.23. The second kappa shape index (κ2) is 10.8. The van der Waals surface area contributed by atoms with Gasteiger partial charge in [0.15, 0.2) is 0 Å². The van der Waals surface area contributed by atoms with E-state index in [1.165, 1.54) is 4.57 Å². The second-order valence-corrected chi connectivity index (χ2v) is 8.43. The highest BCUT2D eigenvalue weighted by Gasteiger charge is 2.15. The number of aromatic nitrogens is 2. The van der Waals surface area contributed by atoms with Gasteiger partial charge in [-0.1, -0.05) is 45.0 Å². The lowest BCUT2D eigenvalue weighted by atomic mass is 10.1. The van der Waals surface area contributed by atoms with Gasteiger partial charge in [-0.05, 0) is 42.2 Å². The zero-order chi connectivity index (χ0) is 24.0. The topological polar surface area (TPSA) is 102 Å². The molecule has 2 aromatic carbocycles. The molecule has 8 heteroatoms. The number of nitrogens with one attached hydrogen (secondary N) is 2. The molecule has 8 nitrogen and oxygen atoms in total. The smallest absolute Gasteiger partial charge is 0.332 e. The Morgan fingerprint density at radius 1 is 0.939 bits per heavy atom. The third kappa shape index (κ3) is 5.77. The van der Waals surface area contributed by atoms with Crippen molar-refractivity contribution >= 4 is 22.7 Å². The van der Waals surface area contributed by atoms with Gasteiger partial charge in [-0.15, -0.1) is 0 Å². The van der Waals surface area contributed by atoms with Crippen molar-refractivity contribution in [1.82, 2.24) is 19.8 Å². The molecule has 174 valence electrons. The summed E-state index contributed by atoms with van der Waals surface area (Å²) in [5.74, 6) is -0.108.